The second kappa shape index (κ2) is 15.2. The van der Waals surface area contributed by atoms with E-state index in [1.165, 1.54) is 4.90 Å². The highest BCUT2D eigenvalue weighted by atomic mass is 16.6. The molecule has 9 heteroatoms. The number of ether oxygens (including phenoxy) is 1. The highest BCUT2D eigenvalue weighted by Gasteiger charge is 2.38. The van der Waals surface area contributed by atoms with Gasteiger partial charge < -0.3 is 26.0 Å². The van der Waals surface area contributed by atoms with Crippen molar-refractivity contribution in [2.45, 2.75) is 110 Å². The number of primary amides is 1. The first-order chi connectivity index (χ1) is 18.1. The maximum atomic E-state index is 14.1. The Morgan fingerprint density at radius 1 is 1.03 bits per heavy atom. The average Bonchev–Trinajstić information content (AvgIpc) is 2.79. The predicted molar refractivity (Wildman–Crippen MR) is 152 cm³/mol. The summed E-state index contributed by atoms with van der Waals surface area (Å²) in [5, 5.41) is 5.45. The molecule has 0 heterocycles. The van der Waals surface area contributed by atoms with E-state index in [0.29, 0.717) is 17.5 Å². The SMILES string of the molecule is C#Cc1ccccc1C(C(=O)NC(C)(C)C)N(CCCCCCC)C(=O)C(CC(N)=O)NC(=O)OC(C)(C)C. The second-order valence-corrected chi connectivity index (χ2v) is 11.7. The highest BCUT2D eigenvalue weighted by Crippen LogP contribution is 2.27. The van der Waals surface area contributed by atoms with Crippen molar-refractivity contribution in [2.24, 2.45) is 5.73 Å². The predicted octanol–water partition coefficient (Wildman–Crippen LogP) is 4.19. The molecule has 9 nitrogen and oxygen atoms in total. The Balaban J connectivity index is 3.61. The Kier molecular flexibility index (Phi) is 13.0. The van der Waals surface area contributed by atoms with Gasteiger partial charge in [0.2, 0.25) is 17.7 Å². The maximum Gasteiger partial charge on any atom is 0.408 e. The summed E-state index contributed by atoms with van der Waals surface area (Å²) < 4.78 is 5.32. The van der Waals surface area contributed by atoms with Crippen LogP contribution in [0.4, 0.5) is 4.79 Å². The Morgan fingerprint density at radius 3 is 2.18 bits per heavy atom. The van der Waals surface area contributed by atoms with Gasteiger partial charge in [-0.3, -0.25) is 14.4 Å². The second-order valence-electron chi connectivity index (χ2n) is 11.7. The molecular weight excluding hydrogens is 496 g/mol. The number of carbonyl (C=O) groups excluding carboxylic acids is 4. The van der Waals surface area contributed by atoms with E-state index in [0.717, 1.165) is 25.7 Å². The normalized spacial score (nSPS) is 13.0. The molecule has 0 aromatic heterocycles. The molecule has 1 aromatic rings. The van der Waals surface area contributed by atoms with Crippen LogP contribution in [-0.4, -0.2) is 52.4 Å². The van der Waals surface area contributed by atoms with Gasteiger partial charge in [-0.15, -0.1) is 6.42 Å². The molecule has 1 aromatic carbocycles. The largest absolute Gasteiger partial charge is 0.444 e. The first-order valence-electron chi connectivity index (χ1n) is 13.6. The molecular formula is C30H46N4O5. The lowest BCUT2D eigenvalue weighted by Gasteiger charge is -2.36. The van der Waals surface area contributed by atoms with Gasteiger partial charge in [0, 0.05) is 17.6 Å². The Bertz CT molecular complexity index is 1030. The summed E-state index contributed by atoms with van der Waals surface area (Å²) >= 11 is 0. The van der Waals surface area contributed by atoms with Crippen LogP contribution in [-0.2, 0) is 19.1 Å². The third-order valence-corrected chi connectivity index (χ3v) is 5.65. The molecule has 0 fully saturated rings. The van der Waals surface area contributed by atoms with Crippen molar-refractivity contribution < 1.29 is 23.9 Å². The number of rotatable bonds is 13. The van der Waals surface area contributed by atoms with Gasteiger partial charge in [-0.1, -0.05) is 56.7 Å². The summed E-state index contributed by atoms with van der Waals surface area (Å²) in [6.45, 7) is 12.9. The maximum absolute atomic E-state index is 14.1. The fraction of sp³-hybridized carbons (Fsp3) is 0.600. The summed E-state index contributed by atoms with van der Waals surface area (Å²) in [7, 11) is 0. The average molecular weight is 543 g/mol. The number of nitrogens with two attached hydrogens (primary N) is 1. The van der Waals surface area contributed by atoms with E-state index < -0.39 is 53.5 Å². The number of benzene rings is 1. The number of carbonyl (C=O) groups is 4. The molecule has 0 saturated heterocycles. The Labute approximate surface area is 233 Å². The molecule has 216 valence electrons. The van der Waals surface area contributed by atoms with E-state index in [-0.39, 0.29) is 6.54 Å². The van der Waals surface area contributed by atoms with Crippen molar-refractivity contribution in [1.29, 1.82) is 0 Å². The molecule has 0 aliphatic rings. The molecule has 2 unspecified atom stereocenters. The number of unbranched alkanes of at least 4 members (excludes halogenated alkanes) is 4. The Hall–Kier alpha value is -3.54. The van der Waals surface area contributed by atoms with Gasteiger partial charge in [0.15, 0.2) is 0 Å². The van der Waals surface area contributed by atoms with Crippen LogP contribution in [0.3, 0.4) is 0 Å². The van der Waals surface area contributed by atoms with Gasteiger partial charge >= 0.3 is 6.09 Å². The molecule has 0 bridgehead atoms. The standard InChI is InChI=1S/C30H46N4O5/c1-9-11-12-13-16-19-34(27(37)23(20-24(31)35)32-28(38)39-30(6,7)8)25(26(36)33-29(3,4)5)22-18-15-14-17-21(22)10-2/h2,14-15,17-18,23,25H,9,11-13,16,19-20H2,1,3-8H3,(H2,31,35)(H,32,38)(H,33,36). The lowest BCUT2D eigenvalue weighted by atomic mass is 9.95. The third-order valence-electron chi connectivity index (χ3n) is 5.65. The fourth-order valence-corrected chi connectivity index (χ4v) is 4.06. The molecule has 0 aliphatic heterocycles. The molecule has 4 N–H and O–H groups in total. The summed E-state index contributed by atoms with van der Waals surface area (Å²) in [5.41, 5.74) is 4.96. The lowest BCUT2D eigenvalue weighted by Crippen LogP contribution is -2.55. The first kappa shape index (κ1) is 33.5. The highest BCUT2D eigenvalue weighted by molar-refractivity contribution is 5.95. The van der Waals surface area contributed by atoms with Gasteiger partial charge in [0.05, 0.1) is 6.42 Å². The molecule has 0 saturated carbocycles. The van der Waals surface area contributed by atoms with Crippen LogP contribution >= 0.6 is 0 Å². The van der Waals surface area contributed by atoms with Crippen LogP contribution in [0.5, 0.6) is 0 Å². The van der Waals surface area contributed by atoms with E-state index in [2.05, 4.69) is 23.5 Å². The van der Waals surface area contributed by atoms with Gasteiger partial charge in [-0.05, 0) is 59.6 Å². The van der Waals surface area contributed by atoms with Crippen LogP contribution in [0.1, 0.15) is 104 Å². The van der Waals surface area contributed by atoms with Crippen LogP contribution in [0.2, 0.25) is 0 Å². The van der Waals surface area contributed by atoms with Crippen LogP contribution in [0, 0.1) is 12.3 Å². The van der Waals surface area contributed by atoms with Crippen molar-refractivity contribution in [3.8, 4) is 12.3 Å². The summed E-state index contributed by atoms with van der Waals surface area (Å²) in [5.74, 6) is 0.767. The number of amides is 4. The number of nitrogens with one attached hydrogen (secondary N) is 2. The third kappa shape index (κ3) is 12.2. The molecule has 4 amide bonds. The molecule has 39 heavy (non-hydrogen) atoms. The van der Waals surface area contributed by atoms with Crippen molar-refractivity contribution in [2.75, 3.05) is 6.54 Å². The monoisotopic (exact) mass is 542 g/mol. The van der Waals surface area contributed by atoms with Gasteiger partial charge in [0.1, 0.15) is 17.7 Å². The fourth-order valence-electron chi connectivity index (χ4n) is 4.06. The summed E-state index contributed by atoms with van der Waals surface area (Å²) in [6.07, 6.45) is 8.96. The van der Waals surface area contributed by atoms with Gasteiger partial charge in [-0.25, -0.2) is 4.79 Å². The van der Waals surface area contributed by atoms with E-state index in [1.807, 2.05) is 20.8 Å². The zero-order chi connectivity index (χ0) is 29.8. The van der Waals surface area contributed by atoms with Gasteiger partial charge in [0.25, 0.3) is 0 Å². The molecule has 2 atom stereocenters. The van der Waals surface area contributed by atoms with Crippen molar-refractivity contribution in [3.63, 3.8) is 0 Å². The van der Waals surface area contributed by atoms with E-state index in [9.17, 15) is 19.2 Å². The van der Waals surface area contributed by atoms with Crippen molar-refractivity contribution in [3.05, 3.63) is 35.4 Å². The van der Waals surface area contributed by atoms with Gasteiger partial charge in [-0.2, -0.15) is 0 Å². The van der Waals surface area contributed by atoms with Crippen LogP contribution < -0.4 is 16.4 Å². The zero-order valence-electron chi connectivity index (χ0n) is 24.6. The van der Waals surface area contributed by atoms with E-state index in [4.69, 9.17) is 16.9 Å². The van der Waals surface area contributed by atoms with Crippen molar-refractivity contribution in [1.82, 2.24) is 15.5 Å². The number of terminal acetylenes is 1. The van der Waals surface area contributed by atoms with Crippen molar-refractivity contribution >= 4 is 23.8 Å². The first-order valence-corrected chi connectivity index (χ1v) is 13.6. The molecule has 1 rings (SSSR count). The minimum Gasteiger partial charge on any atom is -0.444 e. The minimum absolute atomic E-state index is 0.203. The minimum atomic E-state index is -1.34. The molecule has 0 spiro atoms. The summed E-state index contributed by atoms with van der Waals surface area (Å²) in [4.78, 5) is 53.8. The smallest absolute Gasteiger partial charge is 0.408 e. The quantitative estimate of drug-likeness (QED) is 0.254. The Morgan fingerprint density at radius 2 is 1.64 bits per heavy atom. The van der Waals surface area contributed by atoms with E-state index >= 15 is 0 Å². The zero-order valence-corrected chi connectivity index (χ0v) is 24.6. The lowest BCUT2D eigenvalue weighted by molar-refractivity contribution is -0.144. The van der Waals surface area contributed by atoms with E-state index in [1.54, 1.807) is 45.0 Å². The molecule has 0 radical (unpaired) electrons. The molecule has 0 aliphatic carbocycles. The topological polar surface area (TPSA) is 131 Å². The summed E-state index contributed by atoms with van der Waals surface area (Å²) in [6, 6.07) is 4.48. The number of hydrogen-bond donors (Lipinski definition) is 3. The number of alkyl carbamates (subject to hydrolysis) is 1. The number of hydrogen-bond acceptors (Lipinski definition) is 5. The van der Waals surface area contributed by atoms with Crippen LogP contribution in [0.15, 0.2) is 24.3 Å². The van der Waals surface area contributed by atoms with Crippen LogP contribution in [0.25, 0.3) is 0 Å². The number of nitrogens with zero attached hydrogens (tertiary/aromatic N) is 1.